The highest BCUT2D eigenvalue weighted by Crippen LogP contribution is 2.66. The zero-order chi connectivity index (χ0) is 28.2. The second kappa shape index (κ2) is 10.1. The highest BCUT2D eigenvalue weighted by Gasteiger charge is 2.62. The number of hydrogen-bond acceptors (Lipinski definition) is 4. The fourth-order valence-corrected chi connectivity index (χ4v) is 8.31. The van der Waals surface area contributed by atoms with Crippen molar-refractivity contribution in [2.24, 2.45) is 17.3 Å². The van der Waals surface area contributed by atoms with Gasteiger partial charge in [0.1, 0.15) is 5.60 Å². The second-order valence-electron chi connectivity index (χ2n) is 13.2. The van der Waals surface area contributed by atoms with E-state index >= 15 is 0 Å². The normalized spacial score (nSPS) is 32.7. The summed E-state index contributed by atoms with van der Waals surface area (Å²) in [5.41, 5.74) is 7.81. The van der Waals surface area contributed by atoms with Gasteiger partial charge in [-0.15, -0.1) is 0 Å². The van der Waals surface area contributed by atoms with Crippen molar-refractivity contribution in [1.82, 2.24) is 0 Å². The lowest BCUT2D eigenvalue weighted by Gasteiger charge is -2.54. The highest BCUT2D eigenvalue weighted by atomic mass is 16.3. The molecule has 0 spiro atoms. The molecule has 0 amide bonds. The highest BCUT2D eigenvalue weighted by molar-refractivity contribution is 5.53. The van der Waals surface area contributed by atoms with Crippen molar-refractivity contribution in [3.05, 3.63) is 82.5 Å². The van der Waals surface area contributed by atoms with Crippen LogP contribution >= 0.6 is 0 Å². The van der Waals surface area contributed by atoms with Gasteiger partial charge in [0.25, 0.3) is 0 Å². The lowest BCUT2D eigenvalue weighted by molar-refractivity contribution is -0.0513. The SMILES string of the molecule is CN(C)c1ccc(C#C[C@]2(O)CC[C@H]3[C@@H]4CCC5=C[C@@H](O)CCC5=C4[C@@H](c4ccc(N(C)C)cc4)C[C@@]32C)cc1. The summed E-state index contributed by atoms with van der Waals surface area (Å²) in [6, 6.07) is 17.4. The molecule has 0 unspecified atom stereocenters. The first kappa shape index (κ1) is 27.2. The molecule has 0 bridgehead atoms. The van der Waals surface area contributed by atoms with Gasteiger partial charge >= 0.3 is 0 Å². The van der Waals surface area contributed by atoms with E-state index in [1.54, 1.807) is 5.57 Å². The first-order chi connectivity index (χ1) is 19.1. The van der Waals surface area contributed by atoms with E-state index in [0.29, 0.717) is 11.8 Å². The van der Waals surface area contributed by atoms with Crippen LogP contribution in [0.2, 0.25) is 0 Å². The molecule has 4 aliphatic rings. The third-order valence-electron chi connectivity index (χ3n) is 10.6. The van der Waals surface area contributed by atoms with Crippen molar-refractivity contribution in [2.75, 3.05) is 38.0 Å². The van der Waals surface area contributed by atoms with Crippen molar-refractivity contribution in [1.29, 1.82) is 0 Å². The smallest absolute Gasteiger partial charge is 0.131 e. The van der Waals surface area contributed by atoms with Crippen LogP contribution < -0.4 is 9.80 Å². The van der Waals surface area contributed by atoms with Crippen molar-refractivity contribution < 1.29 is 10.2 Å². The number of rotatable bonds is 3. The van der Waals surface area contributed by atoms with Crippen LogP contribution in [0.15, 0.2) is 71.3 Å². The number of aliphatic hydroxyl groups is 2. The maximum absolute atomic E-state index is 12.3. The number of anilines is 2. The molecular formula is C36H44N2O2. The fourth-order valence-electron chi connectivity index (χ4n) is 8.31. The van der Waals surface area contributed by atoms with E-state index in [0.717, 1.165) is 56.2 Å². The monoisotopic (exact) mass is 536 g/mol. The summed E-state index contributed by atoms with van der Waals surface area (Å²) in [5, 5.41) is 22.8. The standard InChI is InChI=1S/C36H44N2O2/c1-35-23-32(25-8-13-28(14-9-25)38(4)5)34-30-17-15-29(39)22-26(30)10-16-31(34)33(35)19-21-36(35,40)20-18-24-6-11-27(12-7-24)37(2)3/h6-9,11-14,22,29,31-33,39-40H,10,15-17,19,21,23H2,1-5H3/t29-,31-,32+,33-,35-,36-/m0/s1. The third-order valence-corrected chi connectivity index (χ3v) is 10.6. The summed E-state index contributed by atoms with van der Waals surface area (Å²) in [6.07, 6.45) is 8.34. The molecule has 0 saturated heterocycles. The molecule has 0 heterocycles. The van der Waals surface area contributed by atoms with Gasteiger partial charge in [0.2, 0.25) is 0 Å². The fraction of sp³-hybridized carbons (Fsp3) is 0.500. The maximum atomic E-state index is 12.3. The Hall–Kier alpha value is -3.00. The predicted octanol–water partition coefficient (Wildman–Crippen LogP) is 6.29. The molecule has 0 aliphatic heterocycles. The average molecular weight is 537 g/mol. The van der Waals surface area contributed by atoms with Crippen LogP contribution in [0.25, 0.3) is 0 Å². The Morgan fingerprint density at radius 1 is 0.850 bits per heavy atom. The van der Waals surface area contributed by atoms with Gasteiger partial charge in [0.05, 0.1) is 6.10 Å². The quantitative estimate of drug-likeness (QED) is 0.453. The van der Waals surface area contributed by atoms with Crippen molar-refractivity contribution in [3.63, 3.8) is 0 Å². The van der Waals surface area contributed by atoms with E-state index in [-0.39, 0.29) is 17.4 Å². The summed E-state index contributed by atoms with van der Waals surface area (Å²) in [4.78, 5) is 4.23. The molecule has 0 aromatic heterocycles. The lowest BCUT2D eigenvalue weighted by Crippen LogP contribution is -2.51. The molecule has 2 aromatic carbocycles. The van der Waals surface area contributed by atoms with Crippen LogP contribution in [0.4, 0.5) is 11.4 Å². The van der Waals surface area contributed by atoms with Gasteiger partial charge in [-0.1, -0.05) is 42.5 Å². The first-order valence-electron chi connectivity index (χ1n) is 15.0. The van der Waals surface area contributed by atoms with E-state index in [2.05, 4.69) is 97.3 Å². The number of hydrogen-bond donors (Lipinski definition) is 2. The molecule has 2 saturated carbocycles. The largest absolute Gasteiger partial charge is 0.389 e. The summed E-state index contributed by atoms with van der Waals surface area (Å²) >= 11 is 0. The van der Waals surface area contributed by atoms with E-state index in [1.807, 2.05) is 14.1 Å². The number of aliphatic hydroxyl groups excluding tert-OH is 1. The van der Waals surface area contributed by atoms with Gasteiger partial charge in [-0.05, 0) is 110 Å². The van der Waals surface area contributed by atoms with E-state index in [1.165, 1.54) is 22.4 Å². The van der Waals surface area contributed by atoms with Crippen LogP contribution in [-0.4, -0.2) is 50.1 Å². The molecule has 4 nitrogen and oxygen atoms in total. The van der Waals surface area contributed by atoms with Gasteiger partial charge in [-0.3, -0.25) is 0 Å². The molecule has 2 aromatic rings. The number of benzene rings is 2. The van der Waals surface area contributed by atoms with Crippen LogP contribution in [0.3, 0.4) is 0 Å². The van der Waals surface area contributed by atoms with Crippen LogP contribution in [0.5, 0.6) is 0 Å². The average Bonchev–Trinajstić information content (AvgIpc) is 3.21. The lowest BCUT2D eigenvalue weighted by atomic mass is 9.51. The van der Waals surface area contributed by atoms with Crippen LogP contribution in [0.1, 0.15) is 68.9 Å². The number of fused-ring (bicyclic) bond motifs is 4. The summed E-state index contributed by atoms with van der Waals surface area (Å²) in [5.74, 6) is 7.94. The van der Waals surface area contributed by atoms with Crippen molar-refractivity contribution >= 4 is 11.4 Å². The van der Waals surface area contributed by atoms with Gasteiger partial charge in [0, 0.05) is 56.5 Å². The molecule has 6 rings (SSSR count). The first-order valence-corrected chi connectivity index (χ1v) is 15.0. The minimum absolute atomic E-state index is 0.252. The molecule has 210 valence electrons. The molecule has 40 heavy (non-hydrogen) atoms. The molecule has 4 heteroatoms. The summed E-state index contributed by atoms with van der Waals surface area (Å²) in [7, 11) is 8.25. The minimum atomic E-state index is -1.02. The Morgan fingerprint density at radius 3 is 2.15 bits per heavy atom. The molecule has 4 aliphatic carbocycles. The second-order valence-corrected chi connectivity index (χ2v) is 13.2. The van der Waals surface area contributed by atoms with Crippen LogP contribution in [-0.2, 0) is 0 Å². The molecule has 0 radical (unpaired) electrons. The van der Waals surface area contributed by atoms with Gasteiger partial charge < -0.3 is 20.0 Å². The molecular weight excluding hydrogens is 492 g/mol. The molecule has 6 atom stereocenters. The molecule has 2 N–H and O–H groups in total. The number of nitrogens with zero attached hydrogens (tertiary/aromatic N) is 2. The zero-order valence-corrected chi connectivity index (χ0v) is 24.7. The predicted molar refractivity (Wildman–Crippen MR) is 165 cm³/mol. The van der Waals surface area contributed by atoms with Crippen molar-refractivity contribution in [3.8, 4) is 11.8 Å². The Balaban J connectivity index is 1.42. The van der Waals surface area contributed by atoms with E-state index in [4.69, 9.17) is 0 Å². The van der Waals surface area contributed by atoms with Gasteiger partial charge in [-0.25, -0.2) is 0 Å². The summed E-state index contributed by atoms with van der Waals surface area (Å²) < 4.78 is 0. The number of allylic oxidation sites excluding steroid dienone is 3. The summed E-state index contributed by atoms with van der Waals surface area (Å²) in [6.45, 7) is 2.33. The topological polar surface area (TPSA) is 46.9 Å². The molecule has 2 fully saturated rings. The van der Waals surface area contributed by atoms with E-state index in [9.17, 15) is 10.2 Å². The van der Waals surface area contributed by atoms with Crippen LogP contribution in [0, 0.1) is 29.1 Å². The minimum Gasteiger partial charge on any atom is -0.389 e. The van der Waals surface area contributed by atoms with Gasteiger partial charge in [0.15, 0.2) is 0 Å². The van der Waals surface area contributed by atoms with E-state index < -0.39 is 5.60 Å². The Kier molecular flexibility index (Phi) is 6.88. The van der Waals surface area contributed by atoms with Crippen molar-refractivity contribution in [2.45, 2.75) is 69.5 Å². The third kappa shape index (κ3) is 4.48. The Bertz CT molecular complexity index is 1390. The Labute approximate surface area is 240 Å². The zero-order valence-electron chi connectivity index (χ0n) is 24.7. The Morgan fingerprint density at radius 2 is 1.50 bits per heavy atom. The maximum Gasteiger partial charge on any atom is 0.131 e. The van der Waals surface area contributed by atoms with Gasteiger partial charge in [-0.2, -0.15) is 0 Å².